The first-order chi connectivity index (χ1) is 12.8. The third kappa shape index (κ3) is 2.84. The van der Waals surface area contributed by atoms with Crippen LogP contribution in [0.4, 0.5) is 0 Å². The van der Waals surface area contributed by atoms with Crippen molar-refractivity contribution in [2.24, 2.45) is 10.8 Å². The number of hydrogen-bond donors (Lipinski definition) is 1. The van der Waals surface area contributed by atoms with Gasteiger partial charge in [0.1, 0.15) is 0 Å². The third-order valence-electron chi connectivity index (χ3n) is 6.60. The second-order valence-corrected chi connectivity index (χ2v) is 9.92. The summed E-state index contributed by atoms with van der Waals surface area (Å²) in [5, 5.41) is 2.91. The molecule has 4 heterocycles. The highest BCUT2D eigenvalue weighted by Crippen LogP contribution is 2.56. The molecule has 2 amide bonds. The van der Waals surface area contributed by atoms with Crippen molar-refractivity contribution in [1.29, 1.82) is 0 Å². The summed E-state index contributed by atoms with van der Waals surface area (Å²) < 4.78 is 25.8. The van der Waals surface area contributed by atoms with Gasteiger partial charge >= 0.3 is 0 Å². The molecule has 1 N–H and O–H groups in total. The fourth-order valence-corrected chi connectivity index (χ4v) is 5.96. The number of rotatable bonds is 2. The molecule has 3 aliphatic rings. The van der Waals surface area contributed by atoms with E-state index in [-0.39, 0.29) is 18.4 Å². The Labute approximate surface area is 159 Å². The number of likely N-dealkylation sites (tertiary alicyclic amines) is 1. The van der Waals surface area contributed by atoms with Crippen molar-refractivity contribution in [3.05, 3.63) is 30.1 Å². The number of carbonyl (C=O) groups is 2. The van der Waals surface area contributed by atoms with Crippen LogP contribution in [0.5, 0.6) is 0 Å². The van der Waals surface area contributed by atoms with Gasteiger partial charge in [-0.2, -0.15) is 0 Å². The van der Waals surface area contributed by atoms with Crippen LogP contribution in [-0.2, 0) is 14.8 Å². The van der Waals surface area contributed by atoms with E-state index >= 15 is 0 Å². The van der Waals surface area contributed by atoms with Crippen molar-refractivity contribution in [1.82, 2.24) is 19.5 Å². The summed E-state index contributed by atoms with van der Waals surface area (Å²) in [5.74, 6) is -0.110. The zero-order chi connectivity index (χ0) is 19.3. The van der Waals surface area contributed by atoms with Gasteiger partial charge in [0.2, 0.25) is 15.9 Å². The molecule has 0 bridgehead atoms. The summed E-state index contributed by atoms with van der Waals surface area (Å²) in [5.41, 5.74) is -0.548. The summed E-state index contributed by atoms with van der Waals surface area (Å²) in [7, 11) is -3.37. The summed E-state index contributed by atoms with van der Waals surface area (Å²) in [6.45, 7) is 2.21. The minimum atomic E-state index is -3.37. The summed E-state index contributed by atoms with van der Waals surface area (Å²) in [6.07, 6.45) is 6.28. The molecule has 3 saturated heterocycles. The highest BCUT2D eigenvalue weighted by atomic mass is 32.2. The molecule has 0 aliphatic carbocycles. The lowest BCUT2D eigenvalue weighted by atomic mass is 9.60. The van der Waals surface area contributed by atoms with E-state index < -0.39 is 20.9 Å². The fourth-order valence-electron chi connectivity index (χ4n) is 5.02. The Hall–Kier alpha value is -2.00. The van der Waals surface area contributed by atoms with Gasteiger partial charge in [0.25, 0.3) is 5.91 Å². The maximum Gasteiger partial charge on any atom is 0.255 e. The number of amides is 2. The topological polar surface area (TPSA) is 99.7 Å². The monoisotopic (exact) mass is 392 g/mol. The van der Waals surface area contributed by atoms with Crippen LogP contribution in [-0.4, -0.2) is 73.4 Å². The molecule has 2 spiro atoms. The van der Waals surface area contributed by atoms with Gasteiger partial charge in [-0.3, -0.25) is 14.6 Å². The summed E-state index contributed by atoms with van der Waals surface area (Å²) in [4.78, 5) is 31.3. The number of piperidine rings is 1. The Morgan fingerprint density at radius 2 is 1.96 bits per heavy atom. The first-order valence-electron chi connectivity index (χ1n) is 9.20. The average molecular weight is 392 g/mol. The van der Waals surface area contributed by atoms with E-state index in [0.29, 0.717) is 51.0 Å². The summed E-state index contributed by atoms with van der Waals surface area (Å²) >= 11 is 0. The third-order valence-corrected chi connectivity index (χ3v) is 7.79. The molecule has 0 aromatic carbocycles. The minimum absolute atomic E-state index is 0.0410. The predicted molar refractivity (Wildman–Crippen MR) is 98.3 cm³/mol. The second kappa shape index (κ2) is 6.27. The van der Waals surface area contributed by atoms with E-state index in [1.54, 1.807) is 29.4 Å². The largest absolute Gasteiger partial charge is 0.356 e. The van der Waals surface area contributed by atoms with Gasteiger partial charge in [-0.1, -0.05) is 0 Å². The van der Waals surface area contributed by atoms with Crippen LogP contribution in [0, 0.1) is 10.8 Å². The molecule has 3 fully saturated rings. The van der Waals surface area contributed by atoms with Gasteiger partial charge in [-0.15, -0.1) is 0 Å². The molecule has 9 heteroatoms. The van der Waals surface area contributed by atoms with Gasteiger partial charge in [0.15, 0.2) is 0 Å². The van der Waals surface area contributed by atoms with Gasteiger partial charge in [-0.25, -0.2) is 12.7 Å². The molecule has 4 rings (SSSR count). The van der Waals surface area contributed by atoms with Crippen molar-refractivity contribution >= 4 is 21.8 Å². The molecule has 1 atom stereocenters. The van der Waals surface area contributed by atoms with Crippen molar-refractivity contribution in [3.8, 4) is 0 Å². The zero-order valence-electron chi connectivity index (χ0n) is 15.3. The average Bonchev–Trinajstić information content (AvgIpc) is 3.18. The number of nitrogens with zero attached hydrogens (tertiary/aromatic N) is 3. The molecule has 27 heavy (non-hydrogen) atoms. The smallest absolute Gasteiger partial charge is 0.255 e. The summed E-state index contributed by atoms with van der Waals surface area (Å²) in [6, 6.07) is 3.48. The van der Waals surface area contributed by atoms with E-state index in [1.807, 2.05) is 0 Å². The molecule has 146 valence electrons. The van der Waals surface area contributed by atoms with Crippen LogP contribution in [0.25, 0.3) is 0 Å². The Bertz CT molecular complexity index is 865. The first-order valence-corrected chi connectivity index (χ1v) is 11.1. The Morgan fingerprint density at radius 1 is 1.22 bits per heavy atom. The Morgan fingerprint density at radius 3 is 2.52 bits per heavy atom. The lowest BCUT2D eigenvalue weighted by Gasteiger charge is -2.46. The van der Waals surface area contributed by atoms with E-state index in [0.717, 1.165) is 0 Å². The van der Waals surface area contributed by atoms with E-state index in [9.17, 15) is 18.0 Å². The molecule has 1 aromatic heterocycles. The number of pyridine rings is 1. The van der Waals surface area contributed by atoms with E-state index in [1.165, 1.54) is 10.6 Å². The molecule has 0 radical (unpaired) electrons. The van der Waals surface area contributed by atoms with Crippen molar-refractivity contribution in [3.63, 3.8) is 0 Å². The fraction of sp³-hybridized carbons (Fsp3) is 0.611. The van der Waals surface area contributed by atoms with Crippen molar-refractivity contribution in [2.75, 3.05) is 39.0 Å². The van der Waals surface area contributed by atoms with Gasteiger partial charge in [-0.05, 0) is 31.4 Å². The normalized spacial score (nSPS) is 28.0. The number of hydrogen-bond acceptors (Lipinski definition) is 5. The zero-order valence-corrected chi connectivity index (χ0v) is 16.2. The molecule has 0 saturated carbocycles. The molecule has 1 aromatic rings. The molecule has 3 aliphatic heterocycles. The van der Waals surface area contributed by atoms with Gasteiger partial charge in [0.05, 0.1) is 17.2 Å². The molecule has 8 nitrogen and oxygen atoms in total. The quantitative estimate of drug-likeness (QED) is 0.769. The maximum atomic E-state index is 12.8. The standard InChI is InChI=1S/C18H24N4O4S/c1-27(25,26)22-12-17(18(13-22)4-8-20-16(18)24)5-9-21(10-6-17)15(23)14-3-2-7-19-11-14/h2-3,7,11H,4-6,8-10,12-13H2,1H3,(H,20,24). The van der Waals surface area contributed by atoms with Crippen LogP contribution in [0.2, 0.25) is 0 Å². The molecular formula is C18H24N4O4S. The minimum Gasteiger partial charge on any atom is -0.356 e. The molecule has 1 unspecified atom stereocenters. The molecular weight excluding hydrogens is 368 g/mol. The van der Waals surface area contributed by atoms with E-state index in [4.69, 9.17) is 0 Å². The van der Waals surface area contributed by atoms with E-state index in [2.05, 4.69) is 10.3 Å². The van der Waals surface area contributed by atoms with Gasteiger partial charge in [0, 0.05) is 50.5 Å². The Balaban J connectivity index is 1.58. The van der Waals surface area contributed by atoms with Crippen LogP contribution in [0.3, 0.4) is 0 Å². The number of fused-ring (bicyclic) bond motifs is 1. The SMILES string of the molecule is CS(=O)(=O)N1CC2(CCN(C(=O)c3cccnc3)CC2)C2(CCNC2=O)C1. The Kier molecular flexibility index (Phi) is 4.27. The first kappa shape index (κ1) is 18.4. The lowest BCUT2D eigenvalue weighted by molar-refractivity contribution is -0.133. The van der Waals surface area contributed by atoms with Crippen LogP contribution >= 0.6 is 0 Å². The number of carbonyl (C=O) groups excluding carboxylic acids is 2. The highest BCUT2D eigenvalue weighted by Gasteiger charge is 2.65. The number of sulfonamides is 1. The van der Waals surface area contributed by atoms with Crippen molar-refractivity contribution < 1.29 is 18.0 Å². The number of aromatic nitrogens is 1. The van der Waals surface area contributed by atoms with Crippen LogP contribution in [0.15, 0.2) is 24.5 Å². The number of nitrogens with one attached hydrogen (secondary N) is 1. The predicted octanol–water partition coefficient (Wildman–Crippen LogP) is 0.0855. The maximum absolute atomic E-state index is 12.8. The highest BCUT2D eigenvalue weighted by molar-refractivity contribution is 7.88. The second-order valence-electron chi connectivity index (χ2n) is 7.93. The van der Waals surface area contributed by atoms with Gasteiger partial charge < -0.3 is 10.2 Å². The van der Waals surface area contributed by atoms with Crippen LogP contribution in [0.1, 0.15) is 29.6 Å². The van der Waals surface area contributed by atoms with Crippen LogP contribution < -0.4 is 5.32 Å². The van der Waals surface area contributed by atoms with Crippen molar-refractivity contribution in [2.45, 2.75) is 19.3 Å². The lowest BCUT2D eigenvalue weighted by Crippen LogP contribution is -2.53.